The van der Waals surface area contributed by atoms with Crippen LogP contribution in [0.4, 0.5) is 0 Å². The molecule has 1 unspecified atom stereocenters. The van der Waals surface area contributed by atoms with Gasteiger partial charge in [-0.3, -0.25) is 0 Å². The van der Waals surface area contributed by atoms with Gasteiger partial charge in [-0.15, -0.1) is 0 Å². The van der Waals surface area contributed by atoms with Gasteiger partial charge in [0.1, 0.15) is 5.82 Å². The molecule has 0 spiro atoms. The maximum Gasteiger partial charge on any atom is 0.163 e. The second kappa shape index (κ2) is 15.5. The highest BCUT2D eigenvalue weighted by Gasteiger charge is 2.18. The Hall–Kier alpha value is -7.63. The van der Waals surface area contributed by atoms with Crippen LogP contribution < -0.4 is 0 Å². The minimum absolute atomic E-state index is 0.112. The van der Waals surface area contributed by atoms with Crippen molar-refractivity contribution in [1.29, 1.82) is 0 Å². The summed E-state index contributed by atoms with van der Waals surface area (Å²) in [4.78, 5) is 25.0. The Balaban J connectivity index is 0.976. The molecule has 0 aliphatic heterocycles. The number of hydrogen-bond donors (Lipinski definition) is 0. The SMILES string of the molecule is C1=CCC(c2nc(-c3ccccc3)nc(-c3ccc(-c4ccc(-c5ccc(-c6nc(-c7ccccc7)cc(-c7ccccc7)n6)cc5)c5ccccc45)cc3)n2)C=C1. The van der Waals surface area contributed by atoms with Crippen molar-refractivity contribution in [2.45, 2.75) is 12.3 Å². The monoisotopic (exact) mass is 743 g/mol. The van der Waals surface area contributed by atoms with Crippen LogP contribution in [0.3, 0.4) is 0 Å². The molecule has 1 atom stereocenters. The van der Waals surface area contributed by atoms with Gasteiger partial charge < -0.3 is 0 Å². The van der Waals surface area contributed by atoms with E-state index in [4.69, 9.17) is 24.9 Å². The maximum atomic E-state index is 5.04. The third-order valence-electron chi connectivity index (χ3n) is 10.7. The lowest BCUT2D eigenvalue weighted by Crippen LogP contribution is -2.07. The topological polar surface area (TPSA) is 64.5 Å². The van der Waals surface area contributed by atoms with Crippen LogP contribution in [0.25, 0.3) is 89.7 Å². The van der Waals surface area contributed by atoms with Crippen molar-refractivity contribution in [3.63, 3.8) is 0 Å². The van der Waals surface area contributed by atoms with E-state index in [1.807, 2.05) is 66.7 Å². The number of allylic oxidation sites excluding steroid dienone is 4. The fourth-order valence-corrected chi connectivity index (χ4v) is 7.67. The highest BCUT2D eigenvalue weighted by Crippen LogP contribution is 2.37. The van der Waals surface area contributed by atoms with Gasteiger partial charge in [0.25, 0.3) is 0 Å². The van der Waals surface area contributed by atoms with Crippen molar-refractivity contribution >= 4 is 10.8 Å². The molecule has 1 aliphatic carbocycles. The fourth-order valence-electron chi connectivity index (χ4n) is 7.67. The van der Waals surface area contributed by atoms with Gasteiger partial charge in [0.15, 0.2) is 17.5 Å². The summed E-state index contributed by atoms with van der Waals surface area (Å²) in [6.07, 6.45) is 9.35. The zero-order valence-corrected chi connectivity index (χ0v) is 31.7. The number of benzene rings is 7. The number of rotatable bonds is 8. The Morgan fingerprint density at radius 2 is 0.759 bits per heavy atom. The Bertz CT molecular complexity index is 2880. The highest BCUT2D eigenvalue weighted by atomic mass is 15.0. The van der Waals surface area contributed by atoms with E-state index in [1.165, 1.54) is 21.9 Å². The van der Waals surface area contributed by atoms with Gasteiger partial charge in [0, 0.05) is 33.7 Å². The lowest BCUT2D eigenvalue weighted by molar-refractivity contribution is 0.764. The zero-order valence-electron chi connectivity index (χ0n) is 31.7. The van der Waals surface area contributed by atoms with Crippen molar-refractivity contribution < 1.29 is 0 Å². The smallest absolute Gasteiger partial charge is 0.163 e. The molecule has 2 heterocycles. The quantitative estimate of drug-likeness (QED) is 0.155. The van der Waals surface area contributed by atoms with Crippen LogP contribution in [0.15, 0.2) is 206 Å². The molecule has 1 aliphatic rings. The van der Waals surface area contributed by atoms with Crippen LogP contribution in [0, 0.1) is 0 Å². The Labute approximate surface area is 337 Å². The summed E-state index contributed by atoms with van der Waals surface area (Å²) in [7, 11) is 0. The van der Waals surface area contributed by atoms with Crippen LogP contribution in [0.5, 0.6) is 0 Å². The molecule has 2 aromatic heterocycles. The average Bonchev–Trinajstić information content (AvgIpc) is 3.32. The predicted molar refractivity (Wildman–Crippen MR) is 237 cm³/mol. The molecular weight excluding hydrogens is 707 g/mol. The molecule has 0 saturated heterocycles. The van der Waals surface area contributed by atoms with Crippen molar-refractivity contribution in [2.75, 3.05) is 0 Å². The Morgan fingerprint density at radius 3 is 1.22 bits per heavy atom. The third kappa shape index (κ3) is 7.02. The standard InChI is InChI=1S/C53H37N5/c1-5-15-38(16-6-1)48-35-49(39-17-7-2-8-18-39)55-50(54-48)42-29-25-36(26-30-42)44-33-34-45(47-24-14-13-23-46(44)47)37-27-31-43(32-28-37)53-57-51(40-19-9-3-10-20-40)56-52(58-53)41-21-11-4-12-22-41/h1-21,23-35,41H,22H2. The van der Waals surface area contributed by atoms with Gasteiger partial charge in [-0.05, 0) is 45.5 Å². The summed E-state index contributed by atoms with van der Waals surface area (Å²) < 4.78 is 0. The fraction of sp³-hybridized carbons (Fsp3) is 0.0377. The molecule has 0 radical (unpaired) electrons. The first-order valence-electron chi connectivity index (χ1n) is 19.6. The number of nitrogens with zero attached hydrogens (tertiary/aromatic N) is 5. The number of aromatic nitrogens is 5. The van der Waals surface area contributed by atoms with Crippen LogP contribution in [0.2, 0.25) is 0 Å². The third-order valence-corrected chi connectivity index (χ3v) is 10.7. The predicted octanol–water partition coefficient (Wildman–Crippen LogP) is 13.1. The molecule has 10 rings (SSSR count). The van der Waals surface area contributed by atoms with Gasteiger partial charge in [0.05, 0.1) is 11.4 Å². The summed E-state index contributed by atoms with van der Waals surface area (Å²) in [6.45, 7) is 0. The highest BCUT2D eigenvalue weighted by molar-refractivity contribution is 6.05. The van der Waals surface area contributed by atoms with Crippen molar-refractivity contribution in [3.8, 4) is 78.9 Å². The van der Waals surface area contributed by atoms with E-state index in [9.17, 15) is 0 Å². The van der Waals surface area contributed by atoms with Crippen molar-refractivity contribution in [1.82, 2.24) is 24.9 Å². The van der Waals surface area contributed by atoms with Crippen molar-refractivity contribution in [3.05, 3.63) is 212 Å². The molecule has 0 saturated carbocycles. The molecule has 0 fully saturated rings. The van der Waals surface area contributed by atoms with E-state index < -0.39 is 0 Å². The number of hydrogen-bond acceptors (Lipinski definition) is 5. The summed E-state index contributed by atoms with van der Waals surface area (Å²) in [5.41, 5.74) is 11.4. The van der Waals surface area contributed by atoms with Crippen LogP contribution in [-0.4, -0.2) is 24.9 Å². The molecular formula is C53H37N5. The second-order valence-corrected chi connectivity index (χ2v) is 14.4. The van der Waals surface area contributed by atoms with Crippen LogP contribution >= 0.6 is 0 Å². The number of fused-ring (bicyclic) bond motifs is 1. The van der Waals surface area contributed by atoms with E-state index in [1.54, 1.807) is 0 Å². The summed E-state index contributed by atoms with van der Waals surface area (Å²) in [6, 6.07) is 63.1. The molecule has 7 aromatic carbocycles. The van der Waals surface area contributed by atoms with Crippen molar-refractivity contribution in [2.24, 2.45) is 0 Å². The normalized spacial score (nSPS) is 13.5. The lowest BCUT2D eigenvalue weighted by Gasteiger charge is -2.15. The largest absolute Gasteiger partial charge is 0.228 e. The molecule has 0 bridgehead atoms. The Kier molecular flexibility index (Phi) is 9.30. The van der Waals surface area contributed by atoms with E-state index in [0.29, 0.717) is 17.5 Å². The van der Waals surface area contributed by atoms with Crippen LogP contribution in [-0.2, 0) is 0 Å². The molecule has 9 aromatic rings. The van der Waals surface area contributed by atoms with E-state index in [2.05, 4.69) is 140 Å². The zero-order chi connectivity index (χ0) is 38.7. The summed E-state index contributed by atoms with van der Waals surface area (Å²) >= 11 is 0. The summed E-state index contributed by atoms with van der Waals surface area (Å²) in [5.74, 6) is 2.96. The molecule has 5 heteroatoms. The van der Waals surface area contributed by atoms with Gasteiger partial charge in [0.2, 0.25) is 0 Å². The van der Waals surface area contributed by atoms with Crippen LogP contribution in [0.1, 0.15) is 18.2 Å². The molecule has 274 valence electrons. The molecule has 58 heavy (non-hydrogen) atoms. The van der Waals surface area contributed by atoms with E-state index in [0.717, 1.165) is 62.6 Å². The minimum Gasteiger partial charge on any atom is -0.228 e. The first kappa shape index (κ1) is 34.8. The molecule has 0 amide bonds. The minimum atomic E-state index is 0.112. The van der Waals surface area contributed by atoms with Gasteiger partial charge >= 0.3 is 0 Å². The molecule has 0 N–H and O–H groups in total. The molecule has 5 nitrogen and oxygen atoms in total. The second-order valence-electron chi connectivity index (χ2n) is 14.4. The first-order valence-corrected chi connectivity index (χ1v) is 19.6. The van der Waals surface area contributed by atoms with E-state index in [-0.39, 0.29) is 5.92 Å². The maximum absolute atomic E-state index is 5.04. The van der Waals surface area contributed by atoms with Gasteiger partial charge in [-0.1, -0.05) is 200 Å². The average molecular weight is 744 g/mol. The Morgan fingerprint density at radius 1 is 0.345 bits per heavy atom. The van der Waals surface area contributed by atoms with Gasteiger partial charge in [-0.25, -0.2) is 24.9 Å². The summed E-state index contributed by atoms with van der Waals surface area (Å²) in [5, 5.41) is 2.38. The van der Waals surface area contributed by atoms with Gasteiger partial charge in [-0.2, -0.15) is 0 Å². The van der Waals surface area contributed by atoms with E-state index >= 15 is 0 Å². The lowest BCUT2D eigenvalue weighted by atomic mass is 9.91. The first-order chi connectivity index (χ1) is 28.7.